The minimum atomic E-state index is 0.544. The Morgan fingerprint density at radius 1 is 0.733 bits per heavy atom. The Morgan fingerprint density at radius 2 is 1.27 bits per heavy atom. The molecule has 0 radical (unpaired) electrons. The SMILES string of the molecule is CCCCCB(CCCCC)OCCC. The molecule has 0 aromatic rings. The number of hydrogen-bond acceptors (Lipinski definition) is 1. The van der Waals surface area contributed by atoms with Gasteiger partial charge in [0.05, 0.1) is 0 Å². The number of rotatable bonds is 11. The quantitative estimate of drug-likeness (QED) is 0.353. The summed E-state index contributed by atoms with van der Waals surface area (Å²) >= 11 is 0. The van der Waals surface area contributed by atoms with E-state index in [1.807, 2.05) is 0 Å². The molecule has 0 saturated carbocycles. The fourth-order valence-electron chi connectivity index (χ4n) is 1.84. The molecule has 0 aliphatic carbocycles. The summed E-state index contributed by atoms with van der Waals surface area (Å²) in [7, 11) is 0. The van der Waals surface area contributed by atoms with Crippen LogP contribution in [0, 0.1) is 0 Å². The van der Waals surface area contributed by atoms with Crippen LogP contribution in [0.25, 0.3) is 0 Å². The molecule has 1 nitrogen and oxygen atoms in total. The van der Waals surface area contributed by atoms with E-state index in [-0.39, 0.29) is 0 Å². The van der Waals surface area contributed by atoms with Crippen molar-refractivity contribution in [2.75, 3.05) is 6.61 Å². The molecule has 0 aromatic heterocycles. The maximum Gasteiger partial charge on any atom is 0.293 e. The first-order valence-electron chi connectivity index (χ1n) is 6.96. The van der Waals surface area contributed by atoms with Gasteiger partial charge in [0.2, 0.25) is 0 Å². The van der Waals surface area contributed by atoms with Gasteiger partial charge in [-0.2, -0.15) is 0 Å². The smallest absolute Gasteiger partial charge is 0.293 e. The lowest BCUT2D eigenvalue weighted by atomic mass is 9.59. The van der Waals surface area contributed by atoms with E-state index < -0.39 is 0 Å². The molecule has 2 heteroatoms. The Labute approximate surface area is 97.1 Å². The highest BCUT2D eigenvalue weighted by Crippen LogP contribution is 2.13. The van der Waals surface area contributed by atoms with Crippen LogP contribution in [-0.4, -0.2) is 13.5 Å². The van der Waals surface area contributed by atoms with Gasteiger partial charge in [-0.15, -0.1) is 0 Å². The van der Waals surface area contributed by atoms with E-state index in [9.17, 15) is 0 Å². The molecule has 90 valence electrons. The molecule has 0 spiro atoms. The minimum Gasteiger partial charge on any atom is -0.436 e. The summed E-state index contributed by atoms with van der Waals surface area (Å²) in [5.41, 5.74) is 0. The monoisotopic (exact) mass is 212 g/mol. The highest BCUT2D eigenvalue weighted by Gasteiger charge is 2.13. The molecule has 0 atom stereocenters. The van der Waals surface area contributed by atoms with Crippen molar-refractivity contribution in [1.29, 1.82) is 0 Å². The van der Waals surface area contributed by atoms with Crippen molar-refractivity contribution in [2.24, 2.45) is 0 Å². The molecule has 0 N–H and O–H groups in total. The van der Waals surface area contributed by atoms with Crippen LogP contribution in [0.5, 0.6) is 0 Å². The van der Waals surface area contributed by atoms with Gasteiger partial charge in [-0.3, -0.25) is 0 Å². The van der Waals surface area contributed by atoms with Crippen LogP contribution in [0.15, 0.2) is 0 Å². The lowest BCUT2D eigenvalue weighted by Gasteiger charge is -2.13. The Bertz CT molecular complexity index is 107. The number of hydrogen-bond donors (Lipinski definition) is 0. The highest BCUT2D eigenvalue weighted by atomic mass is 16.4. The first kappa shape index (κ1) is 15.0. The fraction of sp³-hybridized carbons (Fsp3) is 1.00. The standard InChI is InChI=1S/C13H29BO/c1-4-7-9-11-14(15-13-6-3)12-10-8-5-2/h4-13H2,1-3H3. The zero-order valence-electron chi connectivity index (χ0n) is 11.1. The summed E-state index contributed by atoms with van der Waals surface area (Å²) < 4.78 is 5.88. The largest absolute Gasteiger partial charge is 0.436 e. The second-order valence-electron chi connectivity index (χ2n) is 4.48. The fourth-order valence-corrected chi connectivity index (χ4v) is 1.84. The Kier molecular flexibility index (Phi) is 12.1. The van der Waals surface area contributed by atoms with Crippen molar-refractivity contribution in [2.45, 2.75) is 78.4 Å². The average molecular weight is 212 g/mol. The predicted octanol–water partition coefficient (Wildman–Crippen LogP) is 4.78. The molecule has 0 aliphatic heterocycles. The average Bonchev–Trinajstić information content (AvgIpc) is 2.25. The maximum atomic E-state index is 5.88. The molecule has 0 amide bonds. The van der Waals surface area contributed by atoms with Crippen LogP contribution >= 0.6 is 0 Å². The normalized spacial score (nSPS) is 10.6. The van der Waals surface area contributed by atoms with Crippen LogP contribution in [0.3, 0.4) is 0 Å². The van der Waals surface area contributed by atoms with E-state index >= 15 is 0 Å². The van der Waals surface area contributed by atoms with Crippen molar-refractivity contribution in [1.82, 2.24) is 0 Å². The summed E-state index contributed by atoms with van der Waals surface area (Å²) in [6.45, 7) is 8.21. The third-order valence-electron chi connectivity index (χ3n) is 2.82. The molecular formula is C13H29BO. The molecule has 0 aliphatic rings. The second kappa shape index (κ2) is 12.1. The van der Waals surface area contributed by atoms with Gasteiger partial charge < -0.3 is 4.65 Å². The Hall–Kier alpha value is 0.0249. The van der Waals surface area contributed by atoms with Crippen LogP contribution in [0.1, 0.15) is 65.7 Å². The van der Waals surface area contributed by atoms with Gasteiger partial charge in [0.25, 0.3) is 6.92 Å². The lowest BCUT2D eigenvalue weighted by molar-refractivity contribution is 0.315. The van der Waals surface area contributed by atoms with Crippen molar-refractivity contribution in [3.05, 3.63) is 0 Å². The molecule has 15 heavy (non-hydrogen) atoms. The zero-order valence-corrected chi connectivity index (χ0v) is 11.1. The van der Waals surface area contributed by atoms with Gasteiger partial charge in [-0.1, -0.05) is 59.3 Å². The summed E-state index contributed by atoms with van der Waals surface area (Å²) in [4.78, 5) is 0. The third kappa shape index (κ3) is 10.3. The third-order valence-corrected chi connectivity index (χ3v) is 2.82. The van der Waals surface area contributed by atoms with E-state index in [1.54, 1.807) is 0 Å². The van der Waals surface area contributed by atoms with Crippen molar-refractivity contribution < 1.29 is 4.65 Å². The zero-order chi connectivity index (χ0) is 11.4. The first-order valence-corrected chi connectivity index (χ1v) is 6.96. The Balaban J connectivity index is 3.53. The summed E-state index contributed by atoms with van der Waals surface area (Å²) in [5, 5.41) is 0. The van der Waals surface area contributed by atoms with Gasteiger partial charge in [0.15, 0.2) is 0 Å². The lowest BCUT2D eigenvalue weighted by Crippen LogP contribution is -2.18. The summed E-state index contributed by atoms with van der Waals surface area (Å²) in [6.07, 6.45) is 11.7. The van der Waals surface area contributed by atoms with Crippen molar-refractivity contribution in [3.8, 4) is 0 Å². The molecule has 0 fully saturated rings. The van der Waals surface area contributed by atoms with Crippen LogP contribution in [-0.2, 0) is 4.65 Å². The molecular weight excluding hydrogens is 183 g/mol. The topological polar surface area (TPSA) is 9.23 Å². The van der Waals surface area contributed by atoms with E-state index in [0.717, 1.165) is 13.0 Å². The van der Waals surface area contributed by atoms with E-state index in [0.29, 0.717) is 6.92 Å². The Morgan fingerprint density at radius 3 is 1.67 bits per heavy atom. The molecule has 0 unspecified atom stereocenters. The van der Waals surface area contributed by atoms with Crippen LogP contribution in [0.4, 0.5) is 0 Å². The summed E-state index contributed by atoms with van der Waals surface area (Å²) in [5.74, 6) is 0. The predicted molar refractivity (Wildman–Crippen MR) is 70.7 cm³/mol. The van der Waals surface area contributed by atoms with Gasteiger partial charge in [0, 0.05) is 6.61 Å². The highest BCUT2D eigenvalue weighted by molar-refractivity contribution is 6.51. The number of unbranched alkanes of at least 4 members (excludes halogenated alkanes) is 4. The first-order chi connectivity index (χ1) is 7.35. The van der Waals surface area contributed by atoms with E-state index in [4.69, 9.17) is 4.65 Å². The molecule has 0 saturated heterocycles. The molecule has 0 heterocycles. The summed E-state index contributed by atoms with van der Waals surface area (Å²) in [6, 6.07) is 0. The molecule has 0 rings (SSSR count). The second-order valence-corrected chi connectivity index (χ2v) is 4.48. The molecule has 0 bridgehead atoms. The van der Waals surface area contributed by atoms with Crippen molar-refractivity contribution in [3.63, 3.8) is 0 Å². The van der Waals surface area contributed by atoms with E-state index in [2.05, 4.69) is 20.8 Å². The molecule has 0 aromatic carbocycles. The van der Waals surface area contributed by atoms with Gasteiger partial charge >= 0.3 is 0 Å². The van der Waals surface area contributed by atoms with Crippen LogP contribution in [0.2, 0.25) is 12.6 Å². The van der Waals surface area contributed by atoms with Gasteiger partial charge in [0.1, 0.15) is 0 Å². The van der Waals surface area contributed by atoms with Crippen LogP contribution < -0.4 is 0 Å². The van der Waals surface area contributed by atoms with Gasteiger partial charge in [-0.25, -0.2) is 0 Å². The van der Waals surface area contributed by atoms with Gasteiger partial charge in [-0.05, 0) is 19.1 Å². The minimum absolute atomic E-state index is 0.544. The maximum absolute atomic E-state index is 5.88. The van der Waals surface area contributed by atoms with Crippen molar-refractivity contribution >= 4 is 6.92 Å². The van der Waals surface area contributed by atoms with E-state index in [1.165, 1.54) is 51.2 Å².